The number of rotatable bonds is 18. The van der Waals surface area contributed by atoms with Gasteiger partial charge in [-0.3, -0.25) is 0 Å². The van der Waals surface area contributed by atoms with Crippen LogP contribution in [0.25, 0.3) is 0 Å². The van der Waals surface area contributed by atoms with Gasteiger partial charge in [-0.25, -0.2) is 0 Å². The smallest absolute Gasteiger partial charge is 0.200 e. The molecule has 1 aliphatic heterocycles. The van der Waals surface area contributed by atoms with Crippen molar-refractivity contribution in [3.05, 3.63) is 78.4 Å². The Morgan fingerprint density at radius 3 is 1.93 bits per heavy atom. The van der Waals surface area contributed by atoms with Crippen molar-refractivity contribution in [2.24, 2.45) is 0 Å². The van der Waals surface area contributed by atoms with E-state index in [0.29, 0.717) is 43.1 Å². The highest BCUT2D eigenvalue weighted by Crippen LogP contribution is 2.43. The summed E-state index contributed by atoms with van der Waals surface area (Å²) in [4.78, 5) is 0. The number of thioether (sulfide) groups is 1. The lowest BCUT2D eigenvalue weighted by molar-refractivity contribution is -0.246. The van der Waals surface area contributed by atoms with Crippen molar-refractivity contribution in [2.45, 2.75) is 108 Å². The van der Waals surface area contributed by atoms with Gasteiger partial charge in [0.2, 0.25) is 0 Å². The normalized spacial score (nSPS) is 22.8. The highest BCUT2D eigenvalue weighted by molar-refractivity contribution is 7.99. The van der Waals surface area contributed by atoms with Gasteiger partial charge in [-0.15, -0.1) is 18.3 Å². The van der Waals surface area contributed by atoms with E-state index in [4.69, 9.17) is 28.1 Å². The van der Waals surface area contributed by atoms with Crippen LogP contribution in [0, 0.1) is 0 Å². The Labute approximate surface area is 265 Å². The molecule has 0 saturated carbocycles. The van der Waals surface area contributed by atoms with E-state index in [1.165, 1.54) is 0 Å². The third kappa shape index (κ3) is 9.42. The van der Waals surface area contributed by atoms with Gasteiger partial charge in [0.15, 0.2) is 8.32 Å². The maximum absolute atomic E-state index is 7.08. The molecule has 0 aliphatic carbocycles. The van der Waals surface area contributed by atoms with Gasteiger partial charge < -0.3 is 28.1 Å². The van der Waals surface area contributed by atoms with Crippen molar-refractivity contribution in [2.75, 3.05) is 26.1 Å². The fraction of sp³-hybridized carbons (Fsp3) is 0.600. The zero-order valence-electron chi connectivity index (χ0n) is 27.5. The van der Waals surface area contributed by atoms with Gasteiger partial charge >= 0.3 is 0 Å². The molecular weight excluding hydrogens is 577 g/mol. The van der Waals surface area contributed by atoms with Gasteiger partial charge in [0.1, 0.15) is 35.6 Å². The summed E-state index contributed by atoms with van der Waals surface area (Å²) in [6.45, 7) is 21.6. The monoisotopic (exact) mass is 630 g/mol. The van der Waals surface area contributed by atoms with Crippen LogP contribution >= 0.6 is 11.8 Å². The van der Waals surface area contributed by atoms with Gasteiger partial charge in [-0.2, -0.15) is 0 Å². The predicted molar refractivity (Wildman–Crippen MR) is 180 cm³/mol. The fourth-order valence-electron chi connectivity index (χ4n) is 6.46. The molecule has 5 atom stereocenters. The van der Waals surface area contributed by atoms with Crippen molar-refractivity contribution in [3.63, 3.8) is 0 Å². The van der Waals surface area contributed by atoms with Crippen molar-refractivity contribution in [1.29, 1.82) is 0 Å². The maximum Gasteiger partial charge on any atom is 0.200 e. The molecule has 6 nitrogen and oxygen atoms in total. The van der Waals surface area contributed by atoms with Gasteiger partial charge in [0.05, 0.1) is 33.5 Å². The van der Waals surface area contributed by atoms with Crippen LogP contribution in [-0.2, 0) is 36.6 Å². The topological polar surface area (TPSA) is 55.4 Å². The number of hydrogen-bond donors (Lipinski definition) is 0. The minimum Gasteiger partial charge on any atom is -0.497 e. The summed E-state index contributed by atoms with van der Waals surface area (Å²) < 4.78 is 39.2. The van der Waals surface area contributed by atoms with Crippen LogP contribution in [-0.4, -0.2) is 64.2 Å². The van der Waals surface area contributed by atoms with Crippen LogP contribution in [0.5, 0.6) is 5.75 Å². The molecule has 0 amide bonds. The van der Waals surface area contributed by atoms with Crippen LogP contribution in [0.1, 0.15) is 59.6 Å². The Balaban J connectivity index is 1.96. The molecular formula is C35H54O6SSi. The minimum absolute atomic E-state index is 0.236. The Morgan fingerprint density at radius 2 is 1.40 bits per heavy atom. The SMILES string of the molecule is C=CCO[C@H]1[C@H](OCc2ccc(OC)cc2)[C@@H](OCc2ccccc2)[C@H](SCC)O[C@@H]1CO[Si](C(C)C)(C(C)C)C(C)C. The van der Waals surface area contributed by atoms with Crippen LogP contribution in [0.2, 0.25) is 16.6 Å². The van der Waals surface area contributed by atoms with Crippen LogP contribution < -0.4 is 4.74 Å². The average molecular weight is 631 g/mol. The maximum atomic E-state index is 7.08. The van der Waals surface area contributed by atoms with Gasteiger partial charge in [-0.05, 0) is 45.6 Å². The highest BCUT2D eigenvalue weighted by atomic mass is 32.2. The Morgan fingerprint density at radius 1 is 0.814 bits per heavy atom. The molecule has 0 unspecified atom stereocenters. The van der Waals surface area contributed by atoms with Gasteiger partial charge in [-0.1, -0.05) is 97.0 Å². The first-order valence-corrected chi connectivity index (χ1v) is 18.9. The first-order valence-electron chi connectivity index (χ1n) is 15.7. The molecule has 8 heteroatoms. The van der Waals surface area contributed by atoms with E-state index < -0.39 is 14.4 Å². The Kier molecular flexibility index (Phi) is 14.8. The molecule has 1 aliphatic rings. The first-order chi connectivity index (χ1) is 20.7. The van der Waals surface area contributed by atoms with E-state index in [1.54, 1.807) is 24.9 Å². The fourth-order valence-corrected chi connectivity index (χ4v) is 12.9. The summed E-state index contributed by atoms with van der Waals surface area (Å²) in [5.41, 5.74) is 3.32. The molecule has 1 heterocycles. The molecule has 2 aromatic rings. The molecule has 0 N–H and O–H groups in total. The summed E-state index contributed by atoms with van der Waals surface area (Å²) in [7, 11) is -0.464. The summed E-state index contributed by atoms with van der Waals surface area (Å²) in [5, 5.41) is 0. The van der Waals surface area contributed by atoms with Gasteiger partial charge in [0, 0.05) is 0 Å². The molecule has 240 valence electrons. The van der Waals surface area contributed by atoms with Crippen molar-refractivity contribution < 1.29 is 28.1 Å². The largest absolute Gasteiger partial charge is 0.497 e. The number of benzene rings is 2. The minimum atomic E-state index is -2.14. The second kappa shape index (κ2) is 17.7. The number of ether oxygens (including phenoxy) is 5. The van der Waals surface area contributed by atoms with Crippen LogP contribution in [0.4, 0.5) is 0 Å². The van der Waals surface area contributed by atoms with E-state index in [-0.39, 0.29) is 23.7 Å². The molecule has 3 rings (SSSR count). The molecule has 0 radical (unpaired) electrons. The third-order valence-corrected chi connectivity index (χ3v) is 15.5. The standard InChI is InChI=1S/C35H54O6SSi/c1-10-21-37-32-31(24-40-43(25(3)4,26(5)6)27(7)8)41-35(42-11-2)34(39-22-28-15-13-12-14-16-28)33(32)38-23-29-17-19-30(36-9)20-18-29/h10,12-20,25-27,31-35H,1,11,21-24H2,2-9H3/t31-,32-,33+,34-,35+/m1/s1. The zero-order chi connectivity index (χ0) is 31.4. The second-order valence-electron chi connectivity index (χ2n) is 12.1. The lowest BCUT2D eigenvalue weighted by atomic mass is 9.99. The quantitative estimate of drug-likeness (QED) is 0.121. The van der Waals surface area contributed by atoms with Crippen molar-refractivity contribution in [1.82, 2.24) is 0 Å². The molecule has 0 spiro atoms. The van der Waals surface area contributed by atoms with Gasteiger partial charge in [0.25, 0.3) is 0 Å². The summed E-state index contributed by atoms with van der Waals surface area (Å²) >= 11 is 1.74. The molecule has 43 heavy (non-hydrogen) atoms. The van der Waals surface area contributed by atoms with Crippen LogP contribution in [0.3, 0.4) is 0 Å². The number of hydrogen-bond acceptors (Lipinski definition) is 7. The molecule has 1 fully saturated rings. The highest BCUT2D eigenvalue weighted by Gasteiger charge is 2.51. The third-order valence-electron chi connectivity index (χ3n) is 8.42. The molecule has 0 aromatic heterocycles. The lowest BCUT2D eigenvalue weighted by Crippen LogP contribution is -2.61. The average Bonchev–Trinajstić information content (AvgIpc) is 2.99. The Bertz CT molecular complexity index is 1040. The summed E-state index contributed by atoms with van der Waals surface area (Å²) in [6, 6.07) is 18.2. The van der Waals surface area contributed by atoms with Crippen molar-refractivity contribution in [3.8, 4) is 5.75 Å². The van der Waals surface area contributed by atoms with Crippen molar-refractivity contribution >= 4 is 20.1 Å². The van der Waals surface area contributed by atoms with E-state index in [1.807, 2.05) is 42.5 Å². The molecule has 1 saturated heterocycles. The lowest BCUT2D eigenvalue weighted by Gasteiger charge is -2.48. The van der Waals surface area contributed by atoms with Crippen LogP contribution in [0.15, 0.2) is 67.3 Å². The zero-order valence-corrected chi connectivity index (χ0v) is 29.3. The molecule has 0 bridgehead atoms. The van der Waals surface area contributed by atoms with E-state index in [9.17, 15) is 0 Å². The summed E-state index contributed by atoms with van der Waals surface area (Å²) in [5.74, 6) is 1.70. The predicted octanol–water partition coefficient (Wildman–Crippen LogP) is 8.41. The Hall–Kier alpha value is -1.65. The van der Waals surface area contributed by atoms with E-state index in [2.05, 4.69) is 67.2 Å². The second-order valence-corrected chi connectivity index (χ2v) is 18.9. The van der Waals surface area contributed by atoms with E-state index >= 15 is 0 Å². The summed E-state index contributed by atoms with van der Waals surface area (Å²) in [6.07, 6.45) is 0.330. The van der Waals surface area contributed by atoms with E-state index in [0.717, 1.165) is 22.6 Å². The first kappa shape index (κ1) is 35.8. The molecule has 2 aromatic carbocycles. The number of methoxy groups -OCH3 is 1.